The Kier molecular flexibility index (Phi) is 3.48. The molecule has 1 fully saturated rings. The third-order valence-electron chi connectivity index (χ3n) is 3.50. The molecule has 0 radical (unpaired) electrons. The van der Waals surface area contributed by atoms with E-state index in [1.165, 1.54) is 18.4 Å². The predicted octanol–water partition coefficient (Wildman–Crippen LogP) is 3.10. The highest BCUT2D eigenvalue weighted by molar-refractivity contribution is 9.10. The Hall–Kier alpha value is -1.13. The fourth-order valence-electron chi connectivity index (χ4n) is 2.44. The average molecular weight is 306 g/mol. The number of piperidine rings is 1. The summed E-state index contributed by atoms with van der Waals surface area (Å²) in [5.41, 5.74) is 2.47. The van der Waals surface area contributed by atoms with Crippen molar-refractivity contribution in [1.82, 2.24) is 15.1 Å². The minimum absolute atomic E-state index is 0.662. The van der Waals surface area contributed by atoms with Crippen LogP contribution in [0.4, 0.5) is 0 Å². The lowest BCUT2D eigenvalue weighted by atomic mass is 9.93. The van der Waals surface area contributed by atoms with Crippen LogP contribution in [0.15, 0.2) is 41.1 Å². The minimum Gasteiger partial charge on any atom is -0.317 e. The Balaban J connectivity index is 1.82. The van der Waals surface area contributed by atoms with E-state index in [2.05, 4.69) is 44.7 Å². The van der Waals surface area contributed by atoms with E-state index < -0.39 is 0 Å². The zero-order valence-electron chi connectivity index (χ0n) is 10.1. The molecule has 0 amide bonds. The maximum absolute atomic E-state index is 4.47. The third kappa shape index (κ3) is 2.49. The van der Waals surface area contributed by atoms with Gasteiger partial charge in [0.1, 0.15) is 0 Å². The van der Waals surface area contributed by atoms with Crippen molar-refractivity contribution in [2.24, 2.45) is 0 Å². The molecule has 18 heavy (non-hydrogen) atoms. The molecular formula is C14H16BrN3. The quantitative estimate of drug-likeness (QED) is 0.924. The molecule has 4 heteroatoms. The van der Waals surface area contributed by atoms with E-state index in [1.807, 2.05) is 23.0 Å². The molecule has 94 valence electrons. The van der Waals surface area contributed by atoms with Gasteiger partial charge in [0.2, 0.25) is 0 Å². The van der Waals surface area contributed by atoms with Gasteiger partial charge in [0, 0.05) is 10.7 Å². The topological polar surface area (TPSA) is 29.9 Å². The zero-order chi connectivity index (χ0) is 12.4. The van der Waals surface area contributed by atoms with E-state index in [-0.39, 0.29) is 0 Å². The fourth-order valence-corrected chi connectivity index (χ4v) is 2.70. The summed E-state index contributed by atoms with van der Waals surface area (Å²) in [5.74, 6) is 0.662. The molecule has 0 spiro atoms. The largest absolute Gasteiger partial charge is 0.317 e. The van der Waals surface area contributed by atoms with Crippen molar-refractivity contribution in [1.29, 1.82) is 0 Å². The van der Waals surface area contributed by atoms with Crippen LogP contribution in [0.1, 0.15) is 24.3 Å². The number of halogens is 1. The van der Waals surface area contributed by atoms with E-state index >= 15 is 0 Å². The fraction of sp³-hybridized carbons (Fsp3) is 0.357. The summed E-state index contributed by atoms with van der Waals surface area (Å²) in [6, 6.07) is 8.23. The van der Waals surface area contributed by atoms with Gasteiger partial charge in [0.15, 0.2) is 0 Å². The summed E-state index contributed by atoms with van der Waals surface area (Å²) in [6.45, 7) is 2.24. The molecule has 1 aromatic heterocycles. The molecule has 1 saturated heterocycles. The van der Waals surface area contributed by atoms with Gasteiger partial charge in [-0.15, -0.1) is 0 Å². The van der Waals surface area contributed by atoms with Gasteiger partial charge in [0.05, 0.1) is 11.9 Å². The van der Waals surface area contributed by atoms with Crippen LogP contribution in [0, 0.1) is 0 Å². The highest BCUT2D eigenvalue weighted by Crippen LogP contribution is 2.25. The van der Waals surface area contributed by atoms with Gasteiger partial charge in [-0.3, -0.25) is 0 Å². The van der Waals surface area contributed by atoms with Crippen molar-refractivity contribution in [2.75, 3.05) is 13.1 Å². The molecule has 1 aromatic carbocycles. The Morgan fingerprint density at radius 3 is 2.61 bits per heavy atom. The number of hydrogen-bond donors (Lipinski definition) is 1. The first-order chi connectivity index (χ1) is 8.83. The molecule has 1 N–H and O–H groups in total. The lowest BCUT2D eigenvalue weighted by Gasteiger charge is -2.21. The van der Waals surface area contributed by atoms with Crippen LogP contribution in [0.5, 0.6) is 0 Å². The van der Waals surface area contributed by atoms with Crippen molar-refractivity contribution in [2.45, 2.75) is 18.8 Å². The van der Waals surface area contributed by atoms with Gasteiger partial charge in [-0.2, -0.15) is 5.10 Å². The van der Waals surface area contributed by atoms with Gasteiger partial charge < -0.3 is 5.32 Å². The van der Waals surface area contributed by atoms with Crippen LogP contribution in [0.2, 0.25) is 0 Å². The summed E-state index contributed by atoms with van der Waals surface area (Å²) in [7, 11) is 0. The average Bonchev–Trinajstić information content (AvgIpc) is 2.90. The normalized spacial score (nSPS) is 16.9. The molecular weight excluding hydrogens is 290 g/mol. The molecule has 3 nitrogen and oxygen atoms in total. The van der Waals surface area contributed by atoms with Crippen molar-refractivity contribution in [3.05, 3.63) is 46.7 Å². The standard InChI is InChI=1S/C14H16BrN3/c15-13-1-3-14(4-2-13)18-10-12(9-17-18)11-5-7-16-8-6-11/h1-4,9-11,16H,5-8H2. The lowest BCUT2D eigenvalue weighted by molar-refractivity contribution is 0.460. The van der Waals surface area contributed by atoms with Gasteiger partial charge in [-0.25, -0.2) is 4.68 Å². The summed E-state index contributed by atoms with van der Waals surface area (Å²) < 4.78 is 3.06. The van der Waals surface area contributed by atoms with Crippen LogP contribution < -0.4 is 5.32 Å². The highest BCUT2D eigenvalue weighted by Gasteiger charge is 2.16. The van der Waals surface area contributed by atoms with Crippen molar-refractivity contribution in [3.8, 4) is 5.69 Å². The first-order valence-corrected chi connectivity index (χ1v) is 7.13. The second kappa shape index (κ2) is 5.24. The molecule has 2 heterocycles. The molecule has 0 atom stereocenters. The minimum atomic E-state index is 0.662. The van der Waals surface area contributed by atoms with Crippen LogP contribution in [-0.2, 0) is 0 Å². The van der Waals surface area contributed by atoms with E-state index in [0.717, 1.165) is 23.2 Å². The zero-order valence-corrected chi connectivity index (χ0v) is 11.7. The van der Waals surface area contributed by atoms with Crippen molar-refractivity contribution in [3.63, 3.8) is 0 Å². The number of hydrogen-bond acceptors (Lipinski definition) is 2. The molecule has 0 saturated carbocycles. The second-order valence-electron chi connectivity index (χ2n) is 4.72. The smallest absolute Gasteiger partial charge is 0.0646 e. The van der Waals surface area contributed by atoms with E-state index in [9.17, 15) is 0 Å². The van der Waals surface area contributed by atoms with Gasteiger partial charge >= 0.3 is 0 Å². The van der Waals surface area contributed by atoms with Crippen molar-refractivity contribution < 1.29 is 0 Å². The van der Waals surface area contributed by atoms with Crippen LogP contribution in [0.25, 0.3) is 5.69 Å². The summed E-state index contributed by atoms with van der Waals surface area (Å²) in [6.07, 6.45) is 6.61. The predicted molar refractivity (Wildman–Crippen MR) is 76.1 cm³/mol. The maximum atomic E-state index is 4.47. The Morgan fingerprint density at radius 2 is 1.89 bits per heavy atom. The Bertz CT molecular complexity index is 512. The van der Waals surface area contributed by atoms with E-state index in [1.54, 1.807) is 0 Å². The lowest BCUT2D eigenvalue weighted by Crippen LogP contribution is -2.26. The molecule has 1 aliphatic heterocycles. The number of benzene rings is 1. The summed E-state index contributed by atoms with van der Waals surface area (Å²) >= 11 is 3.45. The van der Waals surface area contributed by atoms with Gasteiger partial charge in [0.25, 0.3) is 0 Å². The monoisotopic (exact) mass is 305 g/mol. The first-order valence-electron chi connectivity index (χ1n) is 6.34. The summed E-state index contributed by atoms with van der Waals surface area (Å²) in [5, 5.41) is 7.87. The van der Waals surface area contributed by atoms with Crippen LogP contribution in [0.3, 0.4) is 0 Å². The third-order valence-corrected chi connectivity index (χ3v) is 4.03. The number of nitrogens with one attached hydrogen (secondary N) is 1. The SMILES string of the molecule is Brc1ccc(-n2cc(C3CCNCC3)cn2)cc1. The molecule has 0 unspecified atom stereocenters. The summed E-state index contributed by atoms with van der Waals surface area (Å²) in [4.78, 5) is 0. The van der Waals surface area contributed by atoms with Gasteiger partial charge in [-0.1, -0.05) is 15.9 Å². The first kappa shape index (κ1) is 11.9. The number of rotatable bonds is 2. The molecule has 3 rings (SSSR count). The Labute approximate surface area is 115 Å². The van der Waals surface area contributed by atoms with E-state index in [0.29, 0.717) is 5.92 Å². The maximum Gasteiger partial charge on any atom is 0.0646 e. The van der Waals surface area contributed by atoms with Crippen LogP contribution >= 0.6 is 15.9 Å². The molecule has 2 aromatic rings. The number of nitrogens with zero attached hydrogens (tertiary/aromatic N) is 2. The molecule has 0 aliphatic carbocycles. The van der Waals surface area contributed by atoms with E-state index in [4.69, 9.17) is 0 Å². The van der Waals surface area contributed by atoms with Crippen molar-refractivity contribution >= 4 is 15.9 Å². The molecule has 1 aliphatic rings. The van der Waals surface area contributed by atoms with Gasteiger partial charge in [-0.05, 0) is 61.7 Å². The Morgan fingerprint density at radius 1 is 1.17 bits per heavy atom. The number of aromatic nitrogens is 2. The second-order valence-corrected chi connectivity index (χ2v) is 5.63. The van der Waals surface area contributed by atoms with Crippen LogP contribution in [-0.4, -0.2) is 22.9 Å². The molecule has 0 bridgehead atoms. The highest BCUT2D eigenvalue weighted by atomic mass is 79.9.